The van der Waals surface area contributed by atoms with Gasteiger partial charge in [-0.1, -0.05) is 6.07 Å². The van der Waals surface area contributed by atoms with E-state index in [1.807, 2.05) is 43.8 Å². The molecule has 5 nitrogen and oxygen atoms in total. The summed E-state index contributed by atoms with van der Waals surface area (Å²) in [6.07, 6.45) is 9.04. The Hall–Kier alpha value is -2.82. The second kappa shape index (κ2) is 4.09. The summed E-state index contributed by atoms with van der Waals surface area (Å²) in [6.45, 7) is 1.90. The summed E-state index contributed by atoms with van der Waals surface area (Å²) < 4.78 is 2.08. The average Bonchev–Trinajstić information content (AvgIpc) is 2.82. The normalized spacial score (nSPS) is 11.2. The van der Waals surface area contributed by atoms with Gasteiger partial charge in [-0.3, -0.25) is 0 Å². The summed E-state index contributed by atoms with van der Waals surface area (Å²) in [6, 6.07) is 6.08. The monoisotopic (exact) mass is 261 g/mol. The Labute approximate surface area is 115 Å². The van der Waals surface area contributed by atoms with E-state index < -0.39 is 0 Å². The zero-order valence-corrected chi connectivity index (χ0v) is 10.9. The molecule has 0 saturated heterocycles. The largest absolute Gasteiger partial charge is 0.301 e. The molecule has 20 heavy (non-hydrogen) atoms. The fourth-order valence-electron chi connectivity index (χ4n) is 2.52. The van der Waals surface area contributed by atoms with Gasteiger partial charge in [-0.15, -0.1) is 0 Å². The average molecular weight is 261 g/mol. The molecule has 4 heterocycles. The molecular weight excluding hydrogens is 250 g/mol. The van der Waals surface area contributed by atoms with Gasteiger partial charge in [0, 0.05) is 41.3 Å². The molecule has 0 bridgehead atoms. The predicted octanol–water partition coefficient (Wildman–Crippen LogP) is 2.65. The molecule has 0 aliphatic carbocycles. The zero-order chi connectivity index (χ0) is 13.5. The summed E-state index contributed by atoms with van der Waals surface area (Å²) in [7, 11) is 0. The molecule has 0 spiro atoms. The van der Waals surface area contributed by atoms with Crippen LogP contribution in [0.5, 0.6) is 0 Å². The van der Waals surface area contributed by atoms with Crippen LogP contribution in [0.15, 0.2) is 49.3 Å². The topological polar surface area (TPSA) is 56.0 Å². The predicted molar refractivity (Wildman–Crippen MR) is 76.3 cm³/mol. The minimum atomic E-state index is 0.761. The number of aromatic nitrogens is 5. The minimum absolute atomic E-state index is 0.761. The van der Waals surface area contributed by atoms with Crippen LogP contribution in [0.25, 0.3) is 27.7 Å². The number of hydrogen-bond donors (Lipinski definition) is 0. The standard InChI is InChI=1S/C15H11N5/c1-10-18-8-12-14(11-6-16-9-17-7-11)13-4-2-3-5-20(13)15(12)19-10/h2-9H,1H3. The highest BCUT2D eigenvalue weighted by atomic mass is 15.0. The van der Waals surface area contributed by atoms with E-state index in [1.165, 1.54) is 6.33 Å². The van der Waals surface area contributed by atoms with Crippen molar-refractivity contribution in [3.63, 3.8) is 0 Å². The molecule has 4 aromatic rings. The zero-order valence-electron chi connectivity index (χ0n) is 10.9. The fourth-order valence-corrected chi connectivity index (χ4v) is 2.52. The third kappa shape index (κ3) is 1.50. The molecule has 0 fully saturated rings. The van der Waals surface area contributed by atoms with E-state index in [9.17, 15) is 0 Å². The van der Waals surface area contributed by atoms with Crippen LogP contribution in [0.4, 0.5) is 0 Å². The Bertz CT molecular complexity index is 912. The first-order chi connectivity index (χ1) is 9.84. The van der Waals surface area contributed by atoms with E-state index >= 15 is 0 Å². The molecule has 0 aliphatic rings. The Morgan fingerprint density at radius 3 is 2.75 bits per heavy atom. The van der Waals surface area contributed by atoms with E-state index in [1.54, 1.807) is 0 Å². The quantitative estimate of drug-likeness (QED) is 0.528. The first kappa shape index (κ1) is 11.0. The van der Waals surface area contributed by atoms with E-state index in [2.05, 4.69) is 30.4 Å². The van der Waals surface area contributed by atoms with Crippen LogP contribution in [0.2, 0.25) is 0 Å². The van der Waals surface area contributed by atoms with Crippen LogP contribution >= 0.6 is 0 Å². The highest BCUT2D eigenvalue weighted by molar-refractivity contribution is 6.03. The first-order valence-electron chi connectivity index (χ1n) is 6.32. The maximum Gasteiger partial charge on any atom is 0.148 e. The SMILES string of the molecule is Cc1ncc2c(-c3cncnc3)c3ccccn3c2n1. The molecule has 0 radical (unpaired) electrons. The Kier molecular flexibility index (Phi) is 2.26. The Morgan fingerprint density at radius 1 is 1.05 bits per heavy atom. The lowest BCUT2D eigenvalue weighted by molar-refractivity contribution is 1.06. The fraction of sp³-hybridized carbons (Fsp3) is 0.0667. The van der Waals surface area contributed by atoms with Crippen LogP contribution in [0.3, 0.4) is 0 Å². The molecule has 4 aromatic heterocycles. The maximum atomic E-state index is 4.56. The molecule has 0 saturated carbocycles. The van der Waals surface area contributed by atoms with Crippen LogP contribution < -0.4 is 0 Å². The molecule has 0 aliphatic heterocycles. The highest BCUT2D eigenvalue weighted by Gasteiger charge is 2.14. The van der Waals surface area contributed by atoms with Crippen molar-refractivity contribution >= 4 is 16.6 Å². The molecule has 5 heteroatoms. The Morgan fingerprint density at radius 2 is 1.90 bits per heavy atom. The van der Waals surface area contributed by atoms with Crippen molar-refractivity contribution < 1.29 is 0 Å². The van der Waals surface area contributed by atoms with Crippen molar-refractivity contribution in [2.45, 2.75) is 6.92 Å². The Balaban J connectivity index is 2.22. The van der Waals surface area contributed by atoms with Gasteiger partial charge < -0.3 is 4.40 Å². The molecule has 4 rings (SSSR count). The van der Waals surface area contributed by atoms with Gasteiger partial charge in [0.2, 0.25) is 0 Å². The number of fused-ring (bicyclic) bond motifs is 3. The highest BCUT2D eigenvalue weighted by Crippen LogP contribution is 2.33. The summed E-state index contributed by atoms with van der Waals surface area (Å²) >= 11 is 0. The molecular formula is C15H11N5. The molecule has 0 amide bonds. The van der Waals surface area contributed by atoms with Gasteiger partial charge in [-0.05, 0) is 19.1 Å². The van der Waals surface area contributed by atoms with Crippen molar-refractivity contribution in [2.24, 2.45) is 0 Å². The molecule has 96 valence electrons. The number of rotatable bonds is 1. The van der Waals surface area contributed by atoms with Gasteiger partial charge in [-0.25, -0.2) is 19.9 Å². The van der Waals surface area contributed by atoms with Gasteiger partial charge in [0.05, 0.1) is 5.52 Å². The second-order valence-electron chi connectivity index (χ2n) is 4.61. The number of pyridine rings is 1. The minimum Gasteiger partial charge on any atom is -0.301 e. The number of aryl methyl sites for hydroxylation is 1. The lowest BCUT2D eigenvalue weighted by Crippen LogP contribution is -1.89. The van der Waals surface area contributed by atoms with Crippen molar-refractivity contribution in [1.29, 1.82) is 0 Å². The lowest BCUT2D eigenvalue weighted by atomic mass is 10.1. The number of hydrogen-bond acceptors (Lipinski definition) is 4. The van der Waals surface area contributed by atoms with Crippen molar-refractivity contribution in [3.8, 4) is 11.1 Å². The van der Waals surface area contributed by atoms with Crippen molar-refractivity contribution in [2.75, 3.05) is 0 Å². The third-order valence-corrected chi connectivity index (χ3v) is 3.35. The van der Waals surface area contributed by atoms with Crippen LogP contribution in [-0.2, 0) is 0 Å². The van der Waals surface area contributed by atoms with Gasteiger partial charge >= 0.3 is 0 Å². The first-order valence-corrected chi connectivity index (χ1v) is 6.32. The van der Waals surface area contributed by atoms with Crippen molar-refractivity contribution in [1.82, 2.24) is 24.3 Å². The van der Waals surface area contributed by atoms with Gasteiger partial charge in [0.25, 0.3) is 0 Å². The van der Waals surface area contributed by atoms with Crippen molar-refractivity contribution in [3.05, 3.63) is 55.1 Å². The summed E-state index contributed by atoms with van der Waals surface area (Å²) in [5.74, 6) is 0.761. The van der Waals surface area contributed by atoms with E-state index in [0.29, 0.717) is 0 Å². The van der Waals surface area contributed by atoms with E-state index in [0.717, 1.165) is 33.5 Å². The van der Waals surface area contributed by atoms with Crippen LogP contribution in [0.1, 0.15) is 5.82 Å². The van der Waals surface area contributed by atoms with Gasteiger partial charge in [-0.2, -0.15) is 0 Å². The summed E-state index contributed by atoms with van der Waals surface area (Å²) in [5, 5.41) is 1.01. The smallest absolute Gasteiger partial charge is 0.148 e. The summed E-state index contributed by atoms with van der Waals surface area (Å²) in [4.78, 5) is 17.1. The van der Waals surface area contributed by atoms with Gasteiger partial charge in [0.1, 0.15) is 17.8 Å². The van der Waals surface area contributed by atoms with Gasteiger partial charge in [0.15, 0.2) is 0 Å². The van der Waals surface area contributed by atoms with E-state index in [-0.39, 0.29) is 0 Å². The molecule has 0 N–H and O–H groups in total. The van der Waals surface area contributed by atoms with Crippen LogP contribution in [-0.4, -0.2) is 24.3 Å². The molecule has 0 aromatic carbocycles. The second-order valence-corrected chi connectivity index (χ2v) is 4.61. The number of nitrogens with zero attached hydrogens (tertiary/aromatic N) is 5. The maximum absolute atomic E-state index is 4.56. The molecule has 0 unspecified atom stereocenters. The summed E-state index contributed by atoms with van der Waals surface area (Å²) in [5.41, 5.74) is 4.03. The van der Waals surface area contributed by atoms with E-state index in [4.69, 9.17) is 0 Å². The molecule has 0 atom stereocenters. The lowest BCUT2D eigenvalue weighted by Gasteiger charge is -1.99. The third-order valence-electron chi connectivity index (χ3n) is 3.35. The van der Waals surface area contributed by atoms with Crippen LogP contribution in [0, 0.1) is 6.92 Å².